The number of fused-ring (bicyclic) bond motifs is 1. The Kier molecular flexibility index (Phi) is 3.92. The minimum absolute atomic E-state index is 0.849. The number of pyridine rings is 1. The van der Waals surface area contributed by atoms with Gasteiger partial charge in [0.2, 0.25) is 0 Å². The summed E-state index contributed by atoms with van der Waals surface area (Å²) in [4.78, 5) is 4.52. The molecule has 0 fully saturated rings. The summed E-state index contributed by atoms with van der Waals surface area (Å²) >= 11 is 0. The Labute approximate surface area is 124 Å². The molecule has 1 aromatic carbocycles. The van der Waals surface area contributed by atoms with Crippen LogP contribution in [0.1, 0.15) is 17.1 Å². The molecule has 2 heterocycles. The molecule has 0 amide bonds. The van der Waals surface area contributed by atoms with Gasteiger partial charge in [-0.05, 0) is 30.7 Å². The van der Waals surface area contributed by atoms with E-state index in [9.17, 15) is 0 Å². The van der Waals surface area contributed by atoms with E-state index in [4.69, 9.17) is 0 Å². The van der Waals surface area contributed by atoms with Gasteiger partial charge in [-0.2, -0.15) is 0 Å². The van der Waals surface area contributed by atoms with Crippen molar-refractivity contribution < 1.29 is 0 Å². The summed E-state index contributed by atoms with van der Waals surface area (Å²) in [6.07, 6.45) is 2.61. The smallest absolute Gasteiger partial charge is 0.133 e. The molecule has 0 saturated heterocycles. The third kappa shape index (κ3) is 3.25. The first-order valence-corrected chi connectivity index (χ1v) is 7.12. The molecular weight excluding hydrogens is 262 g/mol. The largest absolute Gasteiger partial charge is 0.321 e. The maximum atomic E-state index is 4.52. The van der Waals surface area contributed by atoms with E-state index in [1.54, 1.807) is 6.33 Å². The van der Waals surface area contributed by atoms with Gasteiger partial charge < -0.3 is 9.88 Å². The molecule has 108 valence electrons. The van der Waals surface area contributed by atoms with Gasteiger partial charge in [0, 0.05) is 37.6 Å². The van der Waals surface area contributed by atoms with Crippen molar-refractivity contribution in [2.45, 2.75) is 19.9 Å². The second-order valence-corrected chi connectivity index (χ2v) is 5.26. The van der Waals surface area contributed by atoms with Crippen LogP contribution in [0.2, 0.25) is 0 Å². The number of hydrogen-bond donors (Lipinski definition) is 1. The molecule has 0 saturated carbocycles. The first-order chi connectivity index (χ1) is 10.2. The van der Waals surface area contributed by atoms with E-state index in [1.165, 1.54) is 10.9 Å². The van der Waals surface area contributed by atoms with Gasteiger partial charge in [0.05, 0.1) is 5.52 Å². The van der Waals surface area contributed by atoms with Gasteiger partial charge in [-0.15, -0.1) is 10.2 Å². The Bertz CT molecular complexity index is 747. The summed E-state index contributed by atoms with van der Waals surface area (Å²) in [6.45, 7) is 3.75. The molecular formula is C16H19N5. The Balaban J connectivity index is 1.58. The molecule has 5 heteroatoms. The predicted octanol–water partition coefficient (Wildman–Crippen LogP) is 2.00. The lowest BCUT2D eigenvalue weighted by molar-refractivity contribution is 0.654. The highest BCUT2D eigenvalue weighted by Gasteiger charge is 2.01. The highest BCUT2D eigenvalue weighted by Crippen LogP contribution is 2.14. The second-order valence-electron chi connectivity index (χ2n) is 5.26. The third-order valence-electron chi connectivity index (χ3n) is 3.55. The van der Waals surface area contributed by atoms with Gasteiger partial charge in [0.15, 0.2) is 0 Å². The number of hydrogen-bond acceptors (Lipinski definition) is 4. The molecule has 0 bridgehead atoms. The minimum Gasteiger partial charge on any atom is -0.321 e. The molecule has 0 unspecified atom stereocenters. The first kappa shape index (κ1) is 13.7. The maximum absolute atomic E-state index is 4.52. The molecule has 0 aliphatic rings. The molecule has 0 atom stereocenters. The molecule has 0 radical (unpaired) electrons. The zero-order valence-electron chi connectivity index (χ0n) is 12.4. The molecule has 21 heavy (non-hydrogen) atoms. The average Bonchev–Trinajstić information content (AvgIpc) is 2.89. The van der Waals surface area contributed by atoms with E-state index < -0.39 is 0 Å². The number of aromatic nitrogens is 4. The summed E-state index contributed by atoms with van der Waals surface area (Å²) in [6, 6.07) is 10.6. The Morgan fingerprint density at radius 2 is 2.10 bits per heavy atom. The Morgan fingerprint density at radius 3 is 2.90 bits per heavy atom. The van der Waals surface area contributed by atoms with Crippen LogP contribution in [-0.4, -0.2) is 26.3 Å². The van der Waals surface area contributed by atoms with Crippen molar-refractivity contribution in [2.24, 2.45) is 7.05 Å². The molecule has 0 spiro atoms. The van der Waals surface area contributed by atoms with E-state index >= 15 is 0 Å². The highest BCUT2D eigenvalue weighted by atomic mass is 15.2. The lowest BCUT2D eigenvalue weighted by Crippen LogP contribution is -2.18. The first-order valence-electron chi connectivity index (χ1n) is 7.12. The SMILES string of the molecule is Cc1ccc2cc(CNCCc3nncn3C)ccc2n1. The van der Waals surface area contributed by atoms with Crippen molar-refractivity contribution in [1.29, 1.82) is 0 Å². The number of aryl methyl sites for hydroxylation is 2. The van der Waals surface area contributed by atoms with Crippen LogP contribution in [0.3, 0.4) is 0 Å². The predicted molar refractivity (Wildman–Crippen MR) is 82.9 cm³/mol. The van der Waals surface area contributed by atoms with Gasteiger partial charge in [-0.25, -0.2) is 0 Å². The van der Waals surface area contributed by atoms with Crippen molar-refractivity contribution in [1.82, 2.24) is 25.1 Å². The van der Waals surface area contributed by atoms with Crippen molar-refractivity contribution in [3.63, 3.8) is 0 Å². The van der Waals surface area contributed by atoms with Crippen molar-refractivity contribution >= 4 is 10.9 Å². The van der Waals surface area contributed by atoms with Crippen molar-refractivity contribution in [3.05, 3.63) is 53.7 Å². The molecule has 0 aliphatic carbocycles. The Morgan fingerprint density at radius 1 is 1.19 bits per heavy atom. The molecule has 5 nitrogen and oxygen atoms in total. The number of nitrogens with zero attached hydrogens (tertiary/aromatic N) is 4. The van der Waals surface area contributed by atoms with E-state index in [0.717, 1.165) is 36.5 Å². The van der Waals surface area contributed by atoms with Crippen LogP contribution in [0.25, 0.3) is 10.9 Å². The quantitative estimate of drug-likeness (QED) is 0.727. The van der Waals surface area contributed by atoms with Gasteiger partial charge in [-0.1, -0.05) is 12.1 Å². The molecule has 3 aromatic rings. The molecule has 3 rings (SSSR count). The van der Waals surface area contributed by atoms with Gasteiger partial charge in [0.25, 0.3) is 0 Å². The number of benzene rings is 1. The zero-order valence-corrected chi connectivity index (χ0v) is 12.4. The minimum atomic E-state index is 0.849. The lowest BCUT2D eigenvalue weighted by Gasteiger charge is -2.06. The fraction of sp³-hybridized carbons (Fsp3) is 0.312. The van der Waals surface area contributed by atoms with Crippen LogP contribution < -0.4 is 5.32 Å². The summed E-state index contributed by atoms with van der Waals surface area (Å²) in [5.41, 5.74) is 3.38. The summed E-state index contributed by atoms with van der Waals surface area (Å²) in [5.74, 6) is 1.00. The normalized spacial score (nSPS) is 11.1. The van der Waals surface area contributed by atoms with Crippen LogP contribution in [0.4, 0.5) is 0 Å². The molecule has 2 aromatic heterocycles. The fourth-order valence-electron chi connectivity index (χ4n) is 2.35. The third-order valence-corrected chi connectivity index (χ3v) is 3.55. The fourth-order valence-corrected chi connectivity index (χ4v) is 2.35. The van der Waals surface area contributed by atoms with Gasteiger partial charge >= 0.3 is 0 Å². The van der Waals surface area contributed by atoms with Crippen LogP contribution in [0.15, 0.2) is 36.7 Å². The number of nitrogens with one attached hydrogen (secondary N) is 1. The van der Waals surface area contributed by atoms with Crippen molar-refractivity contribution in [2.75, 3.05) is 6.54 Å². The highest BCUT2D eigenvalue weighted by molar-refractivity contribution is 5.79. The van der Waals surface area contributed by atoms with Crippen LogP contribution in [-0.2, 0) is 20.0 Å². The molecule has 0 aliphatic heterocycles. The monoisotopic (exact) mass is 281 g/mol. The summed E-state index contributed by atoms with van der Waals surface area (Å²) in [5, 5.41) is 12.6. The lowest BCUT2D eigenvalue weighted by atomic mass is 10.1. The zero-order chi connectivity index (χ0) is 14.7. The van der Waals surface area contributed by atoms with Crippen molar-refractivity contribution in [3.8, 4) is 0 Å². The standard InChI is InChI=1S/C16H19N5/c1-12-3-5-14-9-13(4-6-15(14)19-12)10-17-8-7-16-20-18-11-21(16)2/h3-6,9,11,17H,7-8,10H2,1-2H3. The van der Waals surface area contributed by atoms with E-state index in [-0.39, 0.29) is 0 Å². The van der Waals surface area contributed by atoms with Crippen LogP contribution in [0.5, 0.6) is 0 Å². The average molecular weight is 281 g/mol. The summed E-state index contributed by atoms with van der Waals surface area (Å²) < 4.78 is 1.95. The summed E-state index contributed by atoms with van der Waals surface area (Å²) in [7, 11) is 1.97. The second kappa shape index (κ2) is 6.01. The van der Waals surface area contributed by atoms with Crippen LogP contribution >= 0.6 is 0 Å². The molecule has 1 N–H and O–H groups in total. The van der Waals surface area contributed by atoms with E-state index in [0.29, 0.717) is 0 Å². The van der Waals surface area contributed by atoms with Gasteiger partial charge in [0.1, 0.15) is 12.2 Å². The topological polar surface area (TPSA) is 55.6 Å². The Hall–Kier alpha value is -2.27. The van der Waals surface area contributed by atoms with E-state index in [1.807, 2.05) is 24.6 Å². The van der Waals surface area contributed by atoms with E-state index in [2.05, 4.69) is 44.8 Å². The van der Waals surface area contributed by atoms with Crippen LogP contribution in [0, 0.1) is 6.92 Å². The number of rotatable bonds is 5. The van der Waals surface area contributed by atoms with Gasteiger partial charge in [-0.3, -0.25) is 4.98 Å². The maximum Gasteiger partial charge on any atom is 0.133 e.